The van der Waals surface area contributed by atoms with Gasteiger partial charge in [0, 0.05) is 0 Å². The van der Waals surface area contributed by atoms with Gasteiger partial charge < -0.3 is 20.5 Å². The molecular weight excluding hydrogens is 271 g/mol. The van der Waals surface area contributed by atoms with Gasteiger partial charge in [-0.25, -0.2) is 4.79 Å². The number of rotatable bonds is 6. The molecule has 0 saturated heterocycles. The molecule has 0 aromatic carbocycles. The van der Waals surface area contributed by atoms with Crippen LogP contribution >= 0.6 is 0 Å². The fourth-order valence-corrected chi connectivity index (χ4v) is 1.94. The second-order valence-electron chi connectivity index (χ2n) is 6.90. The molecule has 0 unspecified atom stereocenters. The van der Waals surface area contributed by atoms with Gasteiger partial charge in [0.15, 0.2) is 0 Å². The van der Waals surface area contributed by atoms with Crippen molar-refractivity contribution >= 4 is 19.8 Å². The molecule has 7 heteroatoms. The number of aliphatic hydroxyl groups is 1. The molecular formula is C14H29BN2O4. The van der Waals surface area contributed by atoms with Gasteiger partial charge in [0.25, 0.3) is 0 Å². The molecule has 0 spiro atoms. The molecule has 6 nitrogen and oxygen atoms in total. The number of carbonyl (C=O) groups excluding carboxylic acids is 2. The zero-order chi connectivity index (χ0) is 16.8. The van der Waals surface area contributed by atoms with Crippen LogP contribution in [-0.2, 0) is 9.53 Å². The summed E-state index contributed by atoms with van der Waals surface area (Å²) in [5, 5.41) is 14.9. The molecule has 0 radical (unpaired) electrons. The lowest BCUT2D eigenvalue weighted by molar-refractivity contribution is -0.125. The van der Waals surface area contributed by atoms with Crippen molar-refractivity contribution in [1.29, 1.82) is 0 Å². The second-order valence-corrected chi connectivity index (χ2v) is 6.90. The minimum Gasteiger partial charge on any atom is -0.444 e. The van der Waals surface area contributed by atoms with E-state index in [1.165, 1.54) is 6.92 Å². The van der Waals surface area contributed by atoms with E-state index in [4.69, 9.17) is 4.74 Å². The Kier molecular flexibility index (Phi) is 7.78. The van der Waals surface area contributed by atoms with E-state index in [-0.39, 0.29) is 5.94 Å². The highest BCUT2D eigenvalue weighted by molar-refractivity contribution is 6.13. The number of nitrogens with one attached hydrogen (secondary N) is 2. The summed E-state index contributed by atoms with van der Waals surface area (Å²) in [6, 6.07) is -1.03. The van der Waals surface area contributed by atoms with Crippen LogP contribution < -0.4 is 10.6 Å². The second kappa shape index (κ2) is 8.27. The van der Waals surface area contributed by atoms with Crippen molar-refractivity contribution in [2.75, 3.05) is 0 Å². The van der Waals surface area contributed by atoms with Gasteiger partial charge in [-0.1, -0.05) is 13.8 Å². The standard InChI is InChI=1S/C14H29BN2O4/c1-8(2)7-10(15)16-12(19)11(9(3)18)17-13(20)21-14(4,5)6/h8-11,18H,7,15H2,1-6H3,(H,16,19)(H,17,20)/t9-,10+,11+/m1/s1. The van der Waals surface area contributed by atoms with Gasteiger partial charge in [-0.2, -0.15) is 0 Å². The average Bonchev–Trinajstić information content (AvgIpc) is 2.21. The van der Waals surface area contributed by atoms with Crippen LogP contribution in [0.25, 0.3) is 0 Å². The molecule has 0 fully saturated rings. The summed E-state index contributed by atoms with van der Waals surface area (Å²) in [5.74, 6) is 0.00677. The topological polar surface area (TPSA) is 87.7 Å². The lowest BCUT2D eigenvalue weighted by Crippen LogP contribution is -2.55. The SMILES string of the molecule is B[C@H](CC(C)C)NC(=O)[C@@H](NC(=O)OC(C)(C)C)[C@@H](C)O. The molecule has 21 heavy (non-hydrogen) atoms. The molecule has 0 heterocycles. The van der Waals surface area contributed by atoms with Crippen molar-refractivity contribution in [2.24, 2.45) is 5.92 Å². The van der Waals surface area contributed by atoms with Crippen molar-refractivity contribution in [1.82, 2.24) is 10.6 Å². The van der Waals surface area contributed by atoms with Crippen LogP contribution in [0.3, 0.4) is 0 Å². The zero-order valence-corrected chi connectivity index (χ0v) is 14.2. The Morgan fingerprint density at radius 2 is 1.71 bits per heavy atom. The summed E-state index contributed by atoms with van der Waals surface area (Å²) in [6.45, 7) is 10.8. The third kappa shape index (κ3) is 9.34. The summed E-state index contributed by atoms with van der Waals surface area (Å²) in [6.07, 6.45) is -0.908. The lowest BCUT2D eigenvalue weighted by Gasteiger charge is -2.26. The quantitative estimate of drug-likeness (QED) is 0.619. The molecule has 0 aliphatic heterocycles. The van der Waals surface area contributed by atoms with Crippen molar-refractivity contribution in [3.8, 4) is 0 Å². The van der Waals surface area contributed by atoms with Gasteiger partial charge >= 0.3 is 6.09 Å². The van der Waals surface area contributed by atoms with E-state index < -0.39 is 29.7 Å². The van der Waals surface area contributed by atoms with E-state index in [9.17, 15) is 14.7 Å². The van der Waals surface area contributed by atoms with Gasteiger partial charge in [0.1, 0.15) is 19.5 Å². The minimum atomic E-state index is -1.03. The average molecular weight is 300 g/mol. The fourth-order valence-electron chi connectivity index (χ4n) is 1.94. The summed E-state index contributed by atoms with van der Waals surface area (Å²) < 4.78 is 5.10. The predicted octanol–water partition coefficient (Wildman–Crippen LogP) is 0.382. The normalized spacial score (nSPS) is 16.0. The third-order valence-electron chi connectivity index (χ3n) is 2.65. The molecule has 0 aliphatic carbocycles. The number of hydrogen-bond acceptors (Lipinski definition) is 4. The number of ether oxygens (including phenoxy) is 1. The minimum absolute atomic E-state index is 0.0285. The molecule has 0 aliphatic rings. The Hall–Kier alpha value is -1.24. The Morgan fingerprint density at radius 1 is 1.19 bits per heavy atom. The molecule has 0 rings (SSSR count). The van der Waals surface area contributed by atoms with Crippen molar-refractivity contribution in [2.45, 2.75) is 71.7 Å². The molecule has 2 amide bonds. The van der Waals surface area contributed by atoms with Crippen LogP contribution in [0, 0.1) is 5.92 Å². The molecule has 0 aromatic rings. The van der Waals surface area contributed by atoms with E-state index >= 15 is 0 Å². The van der Waals surface area contributed by atoms with E-state index in [1.807, 2.05) is 7.85 Å². The summed E-state index contributed by atoms with van der Waals surface area (Å²) in [5.41, 5.74) is -0.658. The predicted molar refractivity (Wildman–Crippen MR) is 84.8 cm³/mol. The van der Waals surface area contributed by atoms with Gasteiger partial charge in [-0.05, 0) is 46.0 Å². The smallest absolute Gasteiger partial charge is 0.408 e. The maximum absolute atomic E-state index is 12.1. The first kappa shape index (κ1) is 19.8. The number of carbonyl (C=O) groups is 2. The molecule has 0 bridgehead atoms. The highest BCUT2D eigenvalue weighted by Gasteiger charge is 2.28. The fraction of sp³-hybridized carbons (Fsp3) is 0.857. The van der Waals surface area contributed by atoms with Crippen LogP contribution in [0.5, 0.6) is 0 Å². The van der Waals surface area contributed by atoms with Crippen molar-refractivity contribution in [3.63, 3.8) is 0 Å². The first-order valence-corrected chi connectivity index (χ1v) is 7.40. The Bertz CT molecular complexity index is 353. The van der Waals surface area contributed by atoms with Crippen LogP contribution in [-0.4, -0.2) is 48.6 Å². The highest BCUT2D eigenvalue weighted by atomic mass is 16.6. The number of aliphatic hydroxyl groups excluding tert-OH is 1. The zero-order valence-electron chi connectivity index (χ0n) is 14.2. The largest absolute Gasteiger partial charge is 0.444 e. The molecule has 3 atom stereocenters. The van der Waals surface area contributed by atoms with Gasteiger partial charge in [-0.3, -0.25) is 4.79 Å². The first-order chi connectivity index (χ1) is 9.42. The molecule has 3 N–H and O–H groups in total. The number of hydrogen-bond donors (Lipinski definition) is 3. The maximum Gasteiger partial charge on any atom is 0.408 e. The van der Waals surface area contributed by atoms with E-state index in [2.05, 4.69) is 24.5 Å². The van der Waals surface area contributed by atoms with Crippen LogP contribution in [0.2, 0.25) is 0 Å². The van der Waals surface area contributed by atoms with Gasteiger partial charge in [-0.15, -0.1) is 0 Å². The van der Waals surface area contributed by atoms with Crippen molar-refractivity contribution < 1.29 is 19.4 Å². The van der Waals surface area contributed by atoms with Gasteiger partial charge in [0.05, 0.1) is 6.10 Å². The Labute approximate surface area is 128 Å². The van der Waals surface area contributed by atoms with Crippen molar-refractivity contribution in [3.05, 3.63) is 0 Å². The first-order valence-electron chi connectivity index (χ1n) is 7.40. The number of alkyl carbamates (subject to hydrolysis) is 1. The van der Waals surface area contributed by atoms with E-state index in [1.54, 1.807) is 20.8 Å². The Morgan fingerprint density at radius 3 is 2.10 bits per heavy atom. The Balaban J connectivity index is 4.61. The van der Waals surface area contributed by atoms with E-state index in [0.29, 0.717) is 5.92 Å². The number of amides is 2. The highest BCUT2D eigenvalue weighted by Crippen LogP contribution is 2.08. The summed E-state index contributed by atoms with van der Waals surface area (Å²) in [4.78, 5) is 23.9. The summed E-state index contributed by atoms with van der Waals surface area (Å²) >= 11 is 0. The molecule has 122 valence electrons. The monoisotopic (exact) mass is 300 g/mol. The van der Waals surface area contributed by atoms with E-state index in [0.717, 1.165) is 6.42 Å². The lowest BCUT2D eigenvalue weighted by atomic mass is 9.88. The molecule has 0 saturated carbocycles. The molecule has 0 aromatic heterocycles. The maximum atomic E-state index is 12.1. The third-order valence-corrected chi connectivity index (χ3v) is 2.65. The van der Waals surface area contributed by atoms with Crippen LogP contribution in [0.15, 0.2) is 0 Å². The van der Waals surface area contributed by atoms with Crippen LogP contribution in [0.1, 0.15) is 48.0 Å². The summed E-state index contributed by atoms with van der Waals surface area (Å²) in [7, 11) is 1.89. The van der Waals surface area contributed by atoms with Gasteiger partial charge in [0.2, 0.25) is 5.91 Å². The van der Waals surface area contributed by atoms with Crippen LogP contribution in [0.4, 0.5) is 4.79 Å².